The van der Waals surface area contributed by atoms with Crippen molar-refractivity contribution in [2.45, 2.75) is 45.9 Å². The molecule has 1 aromatic carbocycles. The Morgan fingerprint density at radius 1 is 1.25 bits per heavy atom. The van der Waals surface area contributed by atoms with E-state index in [1.807, 2.05) is 24.4 Å². The van der Waals surface area contributed by atoms with Gasteiger partial charge in [0.2, 0.25) is 0 Å². The van der Waals surface area contributed by atoms with E-state index in [0.717, 1.165) is 36.1 Å². The molecule has 2 atom stereocenters. The molecule has 28 heavy (non-hydrogen) atoms. The summed E-state index contributed by atoms with van der Waals surface area (Å²) in [5.41, 5.74) is 2.24. The van der Waals surface area contributed by atoms with Crippen LogP contribution in [0.5, 0.6) is 11.5 Å². The van der Waals surface area contributed by atoms with E-state index >= 15 is 0 Å². The maximum atomic E-state index is 5.99. The van der Waals surface area contributed by atoms with Gasteiger partial charge in [0.25, 0.3) is 0 Å². The summed E-state index contributed by atoms with van der Waals surface area (Å²) in [7, 11) is 1.67. The van der Waals surface area contributed by atoms with E-state index in [1.165, 1.54) is 31.5 Å². The highest BCUT2D eigenvalue weighted by atomic mass is 16.5. The van der Waals surface area contributed by atoms with Gasteiger partial charge < -0.3 is 14.8 Å². The molecule has 0 radical (unpaired) electrons. The third kappa shape index (κ3) is 5.94. The molecule has 2 unspecified atom stereocenters. The van der Waals surface area contributed by atoms with Crippen molar-refractivity contribution < 1.29 is 9.47 Å². The Hall–Kier alpha value is -2.11. The van der Waals surface area contributed by atoms with Crippen LogP contribution in [0.1, 0.15) is 37.8 Å². The second-order valence-corrected chi connectivity index (χ2v) is 7.86. The lowest BCUT2D eigenvalue weighted by molar-refractivity contribution is 0.136. The Bertz CT molecular complexity index is 723. The Morgan fingerprint density at radius 3 is 2.89 bits per heavy atom. The Kier molecular flexibility index (Phi) is 7.69. The van der Waals surface area contributed by atoms with E-state index in [4.69, 9.17) is 9.47 Å². The van der Waals surface area contributed by atoms with Gasteiger partial charge >= 0.3 is 0 Å². The molecule has 3 rings (SSSR count). The van der Waals surface area contributed by atoms with Crippen molar-refractivity contribution in [3.8, 4) is 11.5 Å². The van der Waals surface area contributed by atoms with Crippen LogP contribution in [0, 0.1) is 5.92 Å². The van der Waals surface area contributed by atoms with Gasteiger partial charge in [0, 0.05) is 43.6 Å². The molecule has 0 saturated carbocycles. The summed E-state index contributed by atoms with van der Waals surface area (Å²) >= 11 is 0. The molecule has 0 aliphatic carbocycles. The van der Waals surface area contributed by atoms with Crippen LogP contribution in [-0.4, -0.2) is 42.7 Å². The zero-order valence-corrected chi connectivity index (χ0v) is 17.4. The van der Waals surface area contributed by atoms with Crippen molar-refractivity contribution >= 4 is 0 Å². The first-order valence-corrected chi connectivity index (χ1v) is 10.3. The number of nitrogens with zero attached hydrogens (tertiary/aromatic N) is 2. The predicted molar refractivity (Wildman–Crippen MR) is 113 cm³/mol. The summed E-state index contributed by atoms with van der Waals surface area (Å²) in [6, 6.07) is 10.6. The van der Waals surface area contributed by atoms with Gasteiger partial charge in [-0.05, 0) is 56.0 Å². The van der Waals surface area contributed by atoms with Crippen LogP contribution < -0.4 is 14.8 Å². The molecule has 0 spiro atoms. The fraction of sp³-hybridized carbons (Fsp3) is 0.522. The maximum absolute atomic E-state index is 5.99. The third-order valence-electron chi connectivity index (χ3n) is 5.43. The normalized spacial score (nSPS) is 18.6. The lowest BCUT2D eigenvalue weighted by Gasteiger charge is -2.35. The average Bonchev–Trinajstić information content (AvgIpc) is 2.73. The quantitative estimate of drug-likeness (QED) is 0.712. The molecule has 1 fully saturated rings. The predicted octanol–water partition coefficient (Wildman–Crippen LogP) is 3.88. The highest BCUT2D eigenvalue weighted by Gasteiger charge is 2.20. The first-order valence-electron chi connectivity index (χ1n) is 10.3. The fourth-order valence-corrected chi connectivity index (χ4v) is 3.77. The molecular weight excluding hydrogens is 350 g/mol. The Balaban J connectivity index is 1.52. The smallest absolute Gasteiger partial charge is 0.161 e. The summed E-state index contributed by atoms with van der Waals surface area (Å²) in [4.78, 5) is 6.74. The molecule has 5 nitrogen and oxygen atoms in total. The zero-order chi connectivity index (χ0) is 19.8. The van der Waals surface area contributed by atoms with Crippen LogP contribution >= 0.6 is 0 Å². The summed E-state index contributed by atoms with van der Waals surface area (Å²) < 4.78 is 11.4. The van der Waals surface area contributed by atoms with Crippen molar-refractivity contribution in [2.75, 3.05) is 26.7 Å². The second-order valence-electron chi connectivity index (χ2n) is 7.86. The lowest BCUT2D eigenvalue weighted by Crippen LogP contribution is -2.45. The molecule has 0 amide bonds. The molecular formula is C23H33N3O2. The van der Waals surface area contributed by atoms with Gasteiger partial charge in [0.15, 0.2) is 11.5 Å². The summed E-state index contributed by atoms with van der Waals surface area (Å²) in [6.07, 6.45) is 6.27. The van der Waals surface area contributed by atoms with Crippen LogP contribution in [0.2, 0.25) is 0 Å². The van der Waals surface area contributed by atoms with Crippen LogP contribution in [0.4, 0.5) is 0 Å². The number of hydrogen-bond donors (Lipinski definition) is 1. The average molecular weight is 384 g/mol. The van der Waals surface area contributed by atoms with Crippen LogP contribution in [-0.2, 0) is 13.2 Å². The Morgan fingerprint density at radius 2 is 2.14 bits per heavy atom. The minimum atomic E-state index is 0.477. The van der Waals surface area contributed by atoms with Gasteiger partial charge in [-0.3, -0.25) is 9.88 Å². The summed E-state index contributed by atoms with van der Waals surface area (Å²) in [5, 5.41) is 3.60. The topological polar surface area (TPSA) is 46.6 Å². The van der Waals surface area contributed by atoms with Gasteiger partial charge in [-0.25, -0.2) is 0 Å². The van der Waals surface area contributed by atoms with Crippen molar-refractivity contribution in [1.82, 2.24) is 15.2 Å². The molecule has 1 aliphatic heterocycles. The third-order valence-corrected chi connectivity index (χ3v) is 5.43. The minimum absolute atomic E-state index is 0.477. The van der Waals surface area contributed by atoms with Crippen molar-refractivity contribution in [3.05, 3.63) is 53.9 Å². The van der Waals surface area contributed by atoms with Gasteiger partial charge in [-0.2, -0.15) is 0 Å². The zero-order valence-electron chi connectivity index (χ0n) is 17.4. The second kappa shape index (κ2) is 10.4. The summed E-state index contributed by atoms with van der Waals surface area (Å²) in [5.74, 6) is 2.34. The largest absolute Gasteiger partial charge is 0.493 e. The first-order chi connectivity index (χ1) is 13.7. The molecule has 1 N–H and O–H groups in total. The van der Waals surface area contributed by atoms with E-state index in [0.29, 0.717) is 12.6 Å². The van der Waals surface area contributed by atoms with E-state index in [1.54, 1.807) is 13.3 Å². The molecule has 2 aromatic rings. The van der Waals surface area contributed by atoms with E-state index in [9.17, 15) is 0 Å². The maximum Gasteiger partial charge on any atom is 0.161 e. The number of ether oxygens (including phenoxy) is 2. The number of rotatable bonds is 9. The number of benzene rings is 1. The van der Waals surface area contributed by atoms with Crippen LogP contribution in [0.15, 0.2) is 42.7 Å². The number of piperidine rings is 1. The van der Waals surface area contributed by atoms with Gasteiger partial charge in [-0.15, -0.1) is 0 Å². The van der Waals surface area contributed by atoms with Crippen LogP contribution in [0.25, 0.3) is 0 Å². The molecule has 1 aliphatic rings. The van der Waals surface area contributed by atoms with Gasteiger partial charge in [-0.1, -0.05) is 19.1 Å². The lowest BCUT2D eigenvalue weighted by atomic mass is 9.99. The molecule has 2 heterocycles. The Labute approximate surface area is 169 Å². The highest BCUT2D eigenvalue weighted by molar-refractivity contribution is 5.43. The molecule has 152 valence electrons. The number of aromatic nitrogens is 1. The number of hydrogen-bond acceptors (Lipinski definition) is 5. The van der Waals surface area contributed by atoms with E-state index in [-0.39, 0.29) is 0 Å². The van der Waals surface area contributed by atoms with Crippen molar-refractivity contribution in [2.24, 2.45) is 5.92 Å². The van der Waals surface area contributed by atoms with Crippen molar-refractivity contribution in [3.63, 3.8) is 0 Å². The molecule has 5 heteroatoms. The summed E-state index contributed by atoms with van der Waals surface area (Å²) in [6.45, 7) is 9.41. The fourth-order valence-electron chi connectivity index (χ4n) is 3.77. The number of nitrogens with one attached hydrogen (secondary N) is 1. The monoisotopic (exact) mass is 383 g/mol. The van der Waals surface area contributed by atoms with Gasteiger partial charge in [0.1, 0.15) is 6.61 Å². The van der Waals surface area contributed by atoms with Gasteiger partial charge in [0.05, 0.1) is 7.11 Å². The van der Waals surface area contributed by atoms with Crippen LogP contribution in [0.3, 0.4) is 0 Å². The first kappa shape index (κ1) is 20.6. The SMILES string of the molecule is COc1ccc(CNCC(C)N2CCCC(C)C2)cc1OCc1cccnc1. The standard InChI is InChI=1S/C23H33N3O2/c1-18-6-5-11-26(16-18)19(2)13-25-14-20-8-9-22(27-3)23(12-20)28-17-21-7-4-10-24-15-21/h4,7-10,12,15,18-19,25H,5-6,11,13-14,16-17H2,1-3H3. The molecule has 1 saturated heterocycles. The minimum Gasteiger partial charge on any atom is -0.493 e. The molecule has 1 aromatic heterocycles. The highest BCUT2D eigenvalue weighted by Crippen LogP contribution is 2.29. The number of methoxy groups -OCH3 is 1. The number of likely N-dealkylation sites (tertiary alicyclic amines) is 1. The molecule has 0 bridgehead atoms. The van der Waals surface area contributed by atoms with E-state index < -0.39 is 0 Å². The van der Waals surface area contributed by atoms with Crippen molar-refractivity contribution in [1.29, 1.82) is 0 Å². The van der Waals surface area contributed by atoms with E-state index in [2.05, 4.69) is 41.2 Å². The number of pyridine rings is 1.